The monoisotopic (exact) mass is 957 g/mol. The molecule has 3 rings (SSSR count). The van der Waals surface area contributed by atoms with Gasteiger partial charge in [0, 0.05) is 17.8 Å². The molecule has 2 radical (unpaired) electrons. The van der Waals surface area contributed by atoms with E-state index in [-0.39, 0.29) is 27.9 Å². The molecular formula is C23H21Br4Cl2N3O7Sn. The van der Waals surface area contributed by atoms with Crippen molar-refractivity contribution in [2.45, 2.75) is 0 Å². The molecule has 0 atom stereocenters. The Morgan fingerprint density at radius 2 is 1.02 bits per heavy atom. The van der Waals surface area contributed by atoms with Gasteiger partial charge in [0.2, 0.25) is 0 Å². The molecule has 0 saturated carbocycles. The summed E-state index contributed by atoms with van der Waals surface area (Å²) in [5.74, 6) is 0. The quantitative estimate of drug-likeness (QED) is 0.0892. The van der Waals surface area contributed by atoms with E-state index in [1.54, 1.807) is 30.3 Å². The Bertz CT molecular complexity index is 1280. The Morgan fingerprint density at radius 1 is 0.700 bits per heavy atom. The van der Waals surface area contributed by atoms with E-state index in [4.69, 9.17) is 23.6 Å². The molecule has 0 aliphatic heterocycles. The van der Waals surface area contributed by atoms with Crippen LogP contribution in [0.2, 0.25) is 0 Å². The molecule has 216 valence electrons. The number of rotatable bonds is 5. The second-order valence-corrected chi connectivity index (χ2v) is 16.1. The standard InChI is InChI=1S/C8H5Br2NO2.C8H7Br2N.C7H5NO3.2ClH.2H2O.Sn/c9-8(10)5-6-3-1-2-4-7(6)11(12)13;9-8(10)5-6-3-1-2-4-7(6)11;9-5-6-3-1-2-4-7(6)8(10)11;;;;;/h1-5H;1-5H,11H2;1-5H;2*1H;2*1H2;/q;;;;;;;+2/p-2. The summed E-state index contributed by atoms with van der Waals surface area (Å²) >= 11 is 12.0. The first-order chi connectivity index (χ1) is 18.0. The van der Waals surface area contributed by atoms with Crippen LogP contribution in [-0.4, -0.2) is 46.0 Å². The van der Waals surface area contributed by atoms with Crippen LogP contribution < -0.4 is 5.73 Å². The Labute approximate surface area is 281 Å². The van der Waals surface area contributed by atoms with Crippen LogP contribution in [-0.2, 0) is 0 Å². The maximum atomic E-state index is 10.5. The van der Waals surface area contributed by atoms with E-state index in [0.29, 0.717) is 15.2 Å². The number of hydrogen-bond donors (Lipinski definition) is 1. The third-order valence-corrected chi connectivity index (χ3v) is 4.83. The Hall–Kier alpha value is -1.37. The second kappa shape index (κ2) is 25.3. The molecule has 3 aromatic rings. The minimum absolute atomic E-state index is 0. The van der Waals surface area contributed by atoms with E-state index in [0.717, 1.165) is 14.6 Å². The number of anilines is 1. The number of nitro benzene ring substituents is 2. The SMILES string of the molecule is Nc1ccccc1C=C(Br)Br.O.O.O=Cc1ccccc1[N+](=O)[O-].O=[N+]([O-])c1ccccc1C=C(Br)Br.[Cl][Sn][Cl]. The van der Waals surface area contributed by atoms with E-state index in [1.165, 1.54) is 24.3 Å². The summed E-state index contributed by atoms with van der Waals surface area (Å²) in [6.45, 7) is 0. The molecule has 40 heavy (non-hydrogen) atoms. The summed E-state index contributed by atoms with van der Waals surface area (Å²) in [6, 6.07) is 20.0. The number of benzene rings is 3. The molecule has 0 aliphatic rings. The first kappa shape index (κ1) is 43.1. The van der Waals surface area contributed by atoms with Crippen LogP contribution >= 0.6 is 81.6 Å². The van der Waals surface area contributed by atoms with Crippen molar-refractivity contribution >= 4 is 136 Å². The fraction of sp³-hybridized carbons (Fsp3) is 0. The molecule has 0 bridgehead atoms. The first-order valence-corrected chi connectivity index (χ1v) is 20.2. The van der Waals surface area contributed by atoms with Gasteiger partial charge in [-0.25, -0.2) is 0 Å². The van der Waals surface area contributed by atoms with Crippen LogP contribution in [0.3, 0.4) is 0 Å². The summed E-state index contributed by atoms with van der Waals surface area (Å²) in [5, 5.41) is 20.8. The molecule has 0 heterocycles. The Morgan fingerprint density at radius 3 is 1.38 bits per heavy atom. The van der Waals surface area contributed by atoms with E-state index in [9.17, 15) is 25.0 Å². The molecule has 6 N–H and O–H groups in total. The second-order valence-electron chi connectivity index (χ2n) is 6.32. The van der Waals surface area contributed by atoms with Crippen molar-refractivity contribution in [3.8, 4) is 0 Å². The van der Waals surface area contributed by atoms with Crippen LogP contribution in [0.5, 0.6) is 0 Å². The van der Waals surface area contributed by atoms with Crippen molar-refractivity contribution in [3.63, 3.8) is 0 Å². The van der Waals surface area contributed by atoms with Crippen LogP contribution in [0.4, 0.5) is 17.1 Å². The molecule has 0 saturated heterocycles. The molecule has 0 aliphatic carbocycles. The number of nitrogens with two attached hydrogens (primary N) is 1. The zero-order chi connectivity index (χ0) is 29.1. The van der Waals surface area contributed by atoms with Gasteiger partial charge in [0.15, 0.2) is 6.29 Å². The van der Waals surface area contributed by atoms with Crippen molar-refractivity contribution in [2.24, 2.45) is 0 Å². The number of aldehydes is 1. The third kappa shape index (κ3) is 18.9. The predicted molar refractivity (Wildman–Crippen MR) is 179 cm³/mol. The zero-order valence-electron chi connectivity index (χ0n) is 19.9. The average Bonchev–Trinajstić information content (AvgIpc) is 2.86. The number of nitrogens with zero attached hydrogens (tertiary/aromatic N) is 2. The van der Waals surface area contributed by atoms with E-state index < -0.39 is 28.7 Å². The molecule has 0 spiro atoms. The molecular weight excluding hydrogens is 940 g/mol. The van der Waals surface area contributed by atoms with Crippen LogP contribution in [0, 0.1) is 20.2 Å². The fourth-order valence-electron chi connectivity index (χ4n) is 2.41. The molecule has 0 amide bonds. The minimum atomic E-state index is -0.826. The number of para-hydroxylation sites is 3. The molecule has 0 fully saturated rings. The molecule has 10 nitrogen and oxygen atoms in total. The summed E-state index contributed by atoms with van der Waals surface area (Å²) in [6.07, 6.45) is 4.02. The van der Waals surface area contributed by atoms with Crippen molar-refractivity contribution in [1.82, 2.24) is 0 Å². The van der Waals surface area contributed by atoms with E-state index in [1.807, 2.05) is 30.3 Å². The van der Waals surface area contributed by atoms with Gasteiger partial charge in [0.1, 0.15) is 0 Å². The van der Waals surface area contributed by atoms with E-state index in [2.05, 4.69) is 63.7 Å². The number of halogens is 6. The van der Waals surface area contributed by atoms with Crippen LogP contribution in [0.1, 0.15) is 21.5 Å². The van der Waals surface area contributed by atoms with Crippen molar-refractivity contribution in [3.05, 3.63) is 116 Å². The van der Waals surface area contributed by atoms with Gasteiger partial charge in [0.25, 0.3) is 11.4 Å². The van der Waals surface area contributed by atoms with Gasteiger partial charge in [0.05, 0.1) is 27.8 Å². The van der Waals surface area contributed by atoms with Crippen molar-refractivity contribution in [1.29, 1.82) is 0 Å². The first-order valence-electron chi connectivity index (χ1n) is 9.76. The Balaban J connectivity index is -0.000000479. The van der Waals surface area contributed by atoms with Gasteiger partial charge in [-0.2, -0.15) is 0 Å². The van der Waals surface area contributed by atoms with E-state index >= 15 is 0 Å². The fourth-order valence-corrected chi connectivity index (χ4v) is 3.39. The predicted octanol–water partition coefficient (Wildman–Crippen LogP) is 7.80. The molecule has 17 heteroatoms. The summed E-state index contributed by atoms with van der Waals surface area (Å²) in [5.41, 5.74) is 8.09. The number of hydrogen-bond acceptors (Lipinski definition) is 6. The van der Waals surface area contributed by atoms with Gasteiger partial charge in [-0.05, 0) is 99.6 Å². The number of nitrogen functional groups attached to an aromatic ring is 1. The Kier molecular flexibility index (Phi) is 27.3. The van der Waals surface area contributed by atoms with Crippen molar-refractivity contribution in [2.75, 3.05) is 5.73 Å². The zero-order valence-corrected chi connectivity index (χ0v) is 30.7. The van der Waals surface area contributed by atoms with Gasteiger partial charge in [-0.15, -0.1) is 0 Å². The van der Waals surface area contributed by atoms with Gasteiger partial charge in [-0.1, -0.05) is 42.5 Å². The van der Waals surface area contributed by atoms with Crippen LogP contribution in [0.15, 0.2) is 79.6 Å². The topological polar surface area (TPSA) is 192 Å². The summed E-state index contributed by atoms with van der Waals surface area (Å²) in [7, 11) is 9.87. The van der Waals surface area contributed by atoms with Gasteiger partial charge in [-0.3, -0.25) is 25.0 Å². The van der Waals surface area contributed by atoms with Gasteiger partial charge >= 0.3 is 36.7 Å². The molecule has 0 aromatic heterocycles. The average molecular weight is 961 g/mol. The third-order valence-electron chi connectivity index (χ3n) is 3.92. The maximum absolute atomic E-state index is 10.5. The molecule has 0 unspecified atom stereocenters. The normalized spacial score (nSPS) is 8.55. The number of nitro groups is 2. The molecule has 3 aromatic carbocycles. The van der Waals surface area contributed by atoms with Gasteiger partial charge < -0.3 is 16.7 Å². The summed E-state index contributed by atoms with van der Waals surface area (Å²) < 4.78 is 1.57. The summed E-state index contributed by atoms with van der Waals surface area (Å²) in [4.78, 5) is 30.0. The van der Waals surface area contributed by atoms with Crippen molar-refractivity contribution < 1.29 is 25.6 Å². The number of carbonyl (C=O) groups is 1. The number of carbonyl (C=O) groups excluding carboxylic acids is 1. The van der Waals surface area contributed by atoms with Crippen LogP contribution in [0.25, 0.3) is 12.2 Å².